The number of hydrogen-bond donors (Lipinski definition) is 2. The van der Waals surface area contributed by atoms with Gasteiger partial charge >= 0.3 is 11.9 Å². The first kappa shape index (κ1) is 36.5. The molecule has 1 aromatic heterocycles. The summed E-state index contributed by atoms with van der Waals surface area (Å²) in [6, 6.07) is 8.34. The van der Waals surface area contributed by atoms with Gasteiger partial charge in [-0.25, -0.2) is 9.78 Å². The highest BCUT2D eigenvalue weighted by Crippen LogP contribution is 2.22. The van der Waals surface area contributed by atoms with Crippen LogP contribution in [0.4, 0.5) is 5.82 Å². The van der Waals surface area contributed by atoms with Crippen molar-refractivity contribution in [1.29, 1.82) is 0 Å². The number of aromatic nitrogens is 2. The van der Waals surface area contributed by atoms with Gasteiger partial charge in [-0.15, -0.1) is 0 Å². The van der Waals surface area contributed by atoms with Gasteiger partial charge in [0.1, 0.15) is 24.6 Å². The summed E-state index contributed by atoms with van der Waals surface area (Å²) in [6.07, 6.45) is 16.1. The molecular weight excluding hydrogens is 560 g/mol. The number of unbranched alkanes of at least 4 members (excludes halogenated alkanes) is 10. The van der Waals surface area contributed by atoms with Crippen LogP contribution in [0.2, 0.25) is 0 Å². The highest BCUT2D eigenvalue weighted by molar-refractivity contribution is 5.97. The Balaban J connectivity index is 1.91. The summed E-state index contributed by atoms with van der Waals surface area (Å²) in [7, 11) is 0. The number of aromatic amines is 1. The van der Waals surface area contributed by atoms with Crippen LogP contribution in [0.1, 0.15) is 122 Å². The predicted molar refractivity (Wildman–Crippen MR) is 170 cm³/mol. The van der Waals surface area contributed by atoms with Crippen molar-refractivity contribution in [3.8, 4) is 0 Å². The van der Waals surface area contributed by atoms with E-state index in [1.165, 1.54) is 75.7 Å². The number of nitrogens with two attached hydrogens (primary N) is 1. The van der Waals surface area contributed by atoms with Crippen molar-refractivity contribution < 1.29 is 28.7 Å². The van der Waals surface area contributed by atoms with E-state index in [-0.39, 0.29) is 38.2 Å². The Bertz CT molecular complexity index is 1090. The van der Waals surface area contributed by atoms with Crippen LogP contribution in [0, 0.1) is 0 Å². The van der Waals surface area contributed by atoms with Gasteiger partial charge in [0.2, 0.25) is 11.8 Å². The maximum Gasteiger partial charge on any atom is 0.329 e. The number of benzene rings is 1. The van der Waals surface area contributed by atoms with Gasteiger partial charge in [0.15, 0.2) is 0 Å². The van der Waals surface area contributed by atoms with Crippen molar-refractivity contribution in [3.05, 3.63) is 48.4 Å². The van der Waals surface area contributed by atoms with Crippen molar-refractivity contribution in [2.45, 2.75) is 135 Å². The van der Waals surface area contributed by atoms with E-state index >= 15 is 0 Å². The summed E-state index contributed by atoms with van der Waals surface area (Å²) in [5, 5.41) is 0. The lowest BCUT2D eigenvalue weighted by Gasteiger charge is -2.29. The molecule has 10 nitrogen and oxygen atoms in total. The topological polar surface area (TPSA) is 145 Å². The van der Waals surface area contributed by atoms with E-state index in [9.17, 15) is 19.2 Å². The molecule has 0 aliphatic rings. The van der Waals surface area contributed by atoms with Gasteiger partial charge in [-0.3, -0.25) is 19.3 Å². The zero-order chi connectivity index (χ0) is 32.0. The Hall–Kier alpha value is -3.69. The molecule has 0 saturated heterocycles. The second-order valence-electron chi connectivity index (χ2n) is 11.4. The lowest BCUT2D eigenvalue weighted by Crippen LogP contribution is -2.46. The lowest BCUT2D eigenvalue weighted by atomic mass is 10.0. The number of primary amides is 1. The fraction of sp³-hybridized carbons (Fsp3) is 0.618. The molecule has 0 bridgehead atoms. The third-order valence-electron chi connectivity index (χ3n) is 7.61. The first-order chi connectivity index (χ1) is 21.3. The molecule has 0 radical (unpaired) electrons. The van der Waals surface area contributed by atoms with Crippen LogP contribution >= 0.6 is 0 Å². The zero-order valence-electron chi connectivity index (χ0n) is 26.6. The Morgan fingerprint density at radius 1 is 0.886 bits per heavy atom. The van der Waals surface area contributed by atoms with E-state index in [4.69, 9.17) is 15.2 Å². The number of rotatable bonds is 24. The number of imidazole rings is 1. The molecule has 0 saturated carbocycles. The minimum absolute atomic E-state index is 0.0643. The molecule has 44 heavy (non-hydrogen) atoms. The van der Waals surface area contributed by atoms with Gasteiger partial charge in [0.05, 0.1) is 18.9 Å². The Morgan fingerprint density at radius 2 is 1.52 bits per heavy atom. The average molecular weight is 613 g/mol. The monoisotopic (exact) mass is 612 g/mol. The second-order valence-corrected chi connectivity index (χ2v) is 11.4. The molecule has 0 spiro atoms. The molecule has 2 rings (SSSR count). The summed E-state index contributed by atoms with van der Waals surface area (Å²) in [6.45, 7) is 3.73. The minimum Gasteiger partial charge on any atom is -0.461 e. The molecule has 0 aliphatic carbocycles. The third kappa shape index (κ3) is 15.2. The van der Waals surface area contributed by atoms with Crippen molar-refractivity contribution in [3.63, 3.8) is 0 Å². The fourth-order valence-electron chi connectivity index (χ4n) is 5.25. The van der Waals surface area contributed by atoms with Crippen LogP contribution in [0.25, 0.3) is 0 Å². The number of carbonyl (C=O) groups is 4. The molecule has 1 heterocycles. The van der Waals surface area contributed by atoms with Gasteiger partial charge in [-0.2, -0.15) is 0 Å². The quantitative estimate of drug-likeness (QED) is 0.101. The molecule has 244 valence electrons. The first-order valence-corrected chi connectivity index (χ1v) is 16.3. The molecule has 10 heteroatoms. The van der Waals surface area contributed by atoms with Crippen LogP contribution in [0.3, 0.4) is 0 Å². The SMILES string of the molecule is CCCCCCCCCCCCC[C@@H](CC(N)=O)OC(=O)[C@H](CCCC(=O)OCc1ccccc1)N(C(C)=O)c1cnc[nH]1. The normalized spacial score (nSPS) is 12.3. The van der Waals surface area contributed by atoms with Gasteiger partial charge in [0.25, 0.3) is 0 Å². The number of H-pyrrole nitrogens is 1. The summed E-state index contributed by atoms with van der Waals surface area (Å²) >= 11 is 0. The number of nitrogens with zero attached hydrogens (tertiary/aromatic N) is 2. The van der Waals surface area contributed by atoms with Crippen molar-refractivity contribution in [2.75, 3.05) is 4.90 Å². The number of amides is 2. The molecule has 0 fully saturated rings. The highest BCUT2D eigenvalue weighted by Gasteiger charge is 2.33. The van der Waals surface area contributed by atoms with Gasteiger partial charge in [-0.05, 0) is 31.2 Å². The van der Waals surface area contributed by atoms with Gasteiger partial charge in [-0.1, -0.05) is 101 Å². The van der Waals surface area contributed by atoms with Crippen LogP contribution in [-0.4, -0.2) is 45.9 Å². The third-order valence-corrected chi connectivity index (χ3v) is 7.61. The molecular formula is C34H52N4O6. The van der Waals surface area contributed by atoms with Crippen LogP contribution in [0.5, 0.6) is 0 Å². The minimum atomic E-state index is -1.03. The summed E-state index contributed by atoms with van der Waals surface area (Å²) in [4.78, 5) is 58.6. The molecule has 1 aromatic carbocycles. The molecule has 2 aromatic rings. The maximum atomic E-state index is 13.5. The highest BCUT2D eigenvalue weighted by atomic mass is 16.5. The van der Waals surface area contributed by atoms with Crippen molar-refractivity contribution >= 4 is 29.6 Å². The number of hydrogen-bond acceptors (Lipinski definition) is 7. The number of carbonyl (C=O) groups excluding carboxylic acids is 4. The first-order valence-electron chi connectivity index (χ1n) is 16.3. The maximum absolute atomic E-state index is 13.5. The Labute approximate surface area is 262 Å². The summed E-state index contributed by atoms with van der Waals surface area (Å²) in [5.41, 5.74) is 6.36. The summed E-state index contributed by atoms with van der Waals surface area (Å²) < 4.78 is 11.2. The van der Waals surface area contributed by atoms with Crippen molar-refractivity contribution in [1.82, 2.24) is 9.97 Å². The van der Waals surface area contributed by atoms with Gasteiger partial charge in [0, 0.05) is 13.3 Å². The number of esters is 2. The van der Waals surface area contributed by atoms with Crippen molar-refractivity contribution in [2.24, 2.45) is 5.73 Å². The summed E-state index contributed by atoms with van der Waals surface area (Å²) in [5.74, 6) is -1.66. The molecule has 2 amide bonds. The fourth-order valence-corrected chi connectivity index (χ4v) is 5.25. The smallest absolute Gasteiger partial charge is 0.329 e. The van der Waals surface area contributed by atoms with Crippen LogP contribution in [0.15, 0.2) is 42.9 Å². The molecule has 3 N–H and O–H groups in total. The van der Waals surface area contributed by atoms with E-state index in [1.54, 1.807) is 0 Å². The number of ether oxygens (including phenoxy) is 2. The second kappa shape index (κ2) is 21.9. The van der Waals surface area contributed by atoms with E-state index in [0.717, 1.165) is 24.8 Å². The van der Waals surface area contributed by atoms with E-state index < -0.39 is 30.0 Å². The Morgan fingerprint density at radius 3 is 2.09 bits per heavy atom. The zero-order valence-corrected chi connectivity index (χ0v) is 26.6. The van der Waals surface area contributed by atoms with Crippen LogP contribution < -0.4 is 10.6 Å². The Kier molecular flexibility index (Phi) is 18.2. The molecule has 0 aliphatic heterocycles. The van der Waals surface area contributed by atoms with E-state index in [2.05, 4.69) is 16.9 Å². The number of nitrogens with one attached hydrogen (secondary N) is 1. The van der Waals surface area contributed by atoms with E-state index in [1.807, 2.05) is 30.3 Å². The number of anilines is 1. The largest absolute Gasteiger partial charge is 0.461 e. The average Bonchev–Trinajstić information content (AvgIpc) is 3.52. The predicted octanol–water partition coefficient (Wildman–Crippen LogP) is 6.53. The molecule has 0 unspecified atom stereocenters. The standard InChI is InChI=1S/C34H52N4O6/c1-3-4-5-6-7-8-9-10-11-12-16-20-29(23-31(35)40)44-34(42)30(38(27(2)39)32-24-36-26-37-32)21-17-22-33(41)43-25-28-18-14-13-15-19-28/h13-15,18-19,24,26,29-30H,3-12,16-17,20-23,25H2,1-2H3,(H2,35,40)(H,36,37)/t29-,30-/m0/s1. The van der Waals surface area contributed by atoms with E-state index in [0.29, 0.717) is 12.2 Å². The lowest BCUT2D eigenvalue weighted by molar-refractivity contribution is -0.154. The van der Waals surface area contributed by atoms with Crippen LogP contribution in [-0.2, 0) is 35.3 Å². The van der Waals surface area contributed by atoms with Gasteiger partial charge < -0.3 is 20.2 Å². The molecule has 2 atom stereocenters.